The van der Waals surface area contributed by atoms with Gasteiger partial charge in [0.05, 0.1) is 5.56 Å². The summed E-state index contributed by atoms with van der Waals surface area (Å²) in [6.07, 6.45) is 0. The first-order valence-electron chi connectivity index (χ1n) is 7.88. The van der Waals surface area contributed by atoms with Crippen molar-refractivity contribution in [3.8, 4) is 16.9 Å². The second-order valence-electron chi connectivity index (χ2n) is 5.63. The highest BCUT2D eigenvalue weighted by molar-refractivity contribution is 9.10. The molecule has 0 aliphatic carbocycles. The molecule has 0 saturated carbocycles. The van der Waals surface area contributed by atoms with Crippen LogP contribution in [0.2, 0.25) is 0 Å². The van der Waals surface area contributed by atoms with E-state index >= 15 is 0 Å². The molecule has 4 nitrogen and oxygen atoms in total. The number of rotatable bonds is 5. The van der Waals surface area contributed by atoms with Crippen LogP contribution >= 0.6 is 15.9 Å². The molecule has 130 valence electrons. The van der Waals surface area contributed by atoms with Gasteiger partial charge < -0.3 is 9.84 Å². The molecule has 0 aliphatic rings. The van der Waals surface area contributed by atoms with Gasteiger partial charge in [-0.05, 0) is 47.5 Å². The highest BCUT2D eigenvalue weighted by Crippen LogP contribution is 2.22. The molecular weight excluding hydrogens is 396 g/mol. The second-order valence-corrected chi connectivity index (χ2v) is 6.55. The van der Waals surface area contributed by atoms with Crippen molar-refractivity contribution in [1.82, 2.24) is 0 Å². The molecule has 0 unspecified atom stereocenters. The Labute approximate surface area is 159 Å². The first-order chi connectivity index (χ1) is 12.5. The molecule has 0 heterocycles. The van der Waals surface area contributed by atoms with Gasteiger partial charge in [0.25, 0.3) is 0 Å². The number of hydrogen-bond acceptors (Lipinski definition) is 4. The fourth-order valence-corrected chi connectivity index (χ4v) is 2.65. The minimum absolute atomic E-state index is 0.199. The van der Waals surface area contributed by atoms with E-state index in [1.165, 1.54) is 0 Å². The van der Waals surface area contributed by atoms with Crippen molar-refractivity contribution in [2.45, 2.75) is 0 Å². The number of Topliss-reactive ketones (excluding diaryl/α,β-unsaturated/α-hetero) is 1. The number of benzene rings is 3. The van der Waals surface area contributed by atoms with E-state index < -0.39 is 5.97 Å². The van der Waals surface area contributed by atoms with Crippen LogP contribution in [-0.4, -0.2) is 23.5 Å². The molecule has 0 aliphatic heterocycles. The Morgan fingerprint density at radius 1 is 0.769 bits per heavy atom. The number of carbonyl (C=O) groups excluding carboxylic acids is 2. The van der Waals surface area contributed by atoms with Gasteiger partial charge in [0, 0.05) is 10.0 Å². The SMILES string of the molecule is O=C(COC(=O)c1ccc(-c2ccc(O)cc2)cc1)c1ccc(Br)cc1. The second kappa shape index (κ2) is 7.97. The van der Waals surface area contributed by atoms with E-state index in [4.69, 9.17) is 4.74 Å². The summed E-state index contributed by atoms with van der Waals surface area (Å²) in [5.74, 6) is -0.608. The maximum absolute atomic E-state index is 12.1. The summed E-state index contributed by atoms with van der Waals surface area (Å²) >= 11 is 3.30. The maximum Gasteiger partial charge on any atom is 0.338 e. The third-order valence-electron chi connectivity index (χ3n) is 3.82. The average molecular weight is 411 g/mol. The zero-order valence-electron chi connectivity index (χ0n) is 13.7. The Morgan fingerprint density at radius 2 is 1.27 bits per heavy atom. The van der Waals surface area contributed by atoms with Crippen molar-refractivity contribution in [2.24, 2.45) is 0 Å². The van der Waals surface area contributed by atoms with Gasteiger partial charge in [-0.2, -0.15) is 0 Å². The molecule has 0 atom stereocenters. The number of esters is 1. The van der Waals surface area contributed by atoms with Crippen molar-refractivity contribution in [2.75, 3.05) is 6.61 Å². The topological polar surface area (TPSA) is 63.6 Å². The average Bonchev–Trinajstić information content (AvgIpc) is 2.67. The van der Waals surface area contributed by atoms with Crippen molar-refractivity contribution >= 4 is 27.7 Å². The van der Waals surface area contributed by atoms with Crippen LogP contribution < -0.4 is 0 Å². The van der Waals surface area contributed by atoms with Crippen molar-refractivity contribution in [3.63, 3.8) is 0 Å². The lowest BCUT2D eigenvalue weighted by Crippen LogP contribution is -2.14. The molecular formula is C21H15BrO4. The van der Waals surface area contributed by atoms with Crippen molar-refractivity contribution < 1.29 is 19.4 Å². The van der Waals surface area contributed by atoms with Gasteiger partial charge in [-0.3, -0.25) is 4.79 Å². The normalized spacial score (nSPS) is 10.3. The Bertz CT molecular complexity index is 914. The van der Waals surface area contributed by atoms with Gasteiger partial charge in [-0.15, -0.1) is 0 Å². The maximum atomic E-state index is 12.1. The van der Waals surface area contributed by atoms with Crippen LogP contribution in [0.1, 0.15) is 20.7 Å². The molecule has 5 heteroatoms. The Balaban J connectivity index is 1.62. The Hall–Kier alpha value is -2.92. The molecule has 0 radical (unpaired) electrons. The highest BCUT2D eigenvalue weighted by atomic mass is 79.9. The number of hydrogen-bond donors (Lipinski definition) is 1. The molecule has 3 aromatic carbocycles. The zero-order chi connectivity index (χ0) is 18.5. The van der Waals surface area contributed by atoms with Crippen LogP contribution in [0, 0.1) is 0 Å². The Kier molecular flexibility index (Phi) is 5.49. The van der Waals surface area contributed by atoms with E-state index in [1.54, 1.807) is 72.8 Å². The van der Waals surface area contributed by atoms with Crippen molar-refractivity contribution in [1.29, 1.82) is 0 Å². The Morgan fingerprint density at radius 3 is 1.85 bits per heavy atom. The summed E-state index contributed by atoms with van der Waals surface area (Å²) in [6.45, 7) is -0.305. The smallest absolute Gasteiger partial charge is 0.338 e. The fraction of sp³-hybridized carbons (Fsp3) is 0.0476. The molecule has 3 aromatic rings. The summed E-state index contributed by atoms with van der Waals surface area (Å²) in [6, 6.07) is 20.5. The minimum atomic E-state index is -0.548. The third kappa shape index (κ3) is 4.37. The van der Waals surface area contributed by atoms with Crippen LogP contribution in [0.25, 0.3) is 11.1 Å². The highest BCUT2D eigenvalue weighted by Gasteiger charge is 2.12. The van der Waals surface area contributed by atoms with Crippen LogP contribution in [-0.2, 0) is 4.74 Å². The number of phenolic OH excluding ortho intramolecular Hbond substituents is 1. The van der Waals surface area contributed by atoms with Crippen LogP contribution in [0.4, 0.5) is 0 Å². The van der Waals surface area contributed by atoms with E-state index in [2.05, 4.69) is 15.9 Å². The molecule has 0 amide bonds. The fourth-order valence-electron chi connectivity index (χ4n) is 2.39. The van der Waals surface area contributed by atoms with E-state index in [-0.39, 0.29) is 18.1 Å². The predicted molar refractivity (Wildman–Crippen MR) is 102 cm³/mol. The third-order valence-corrected chi connectivity index (χ3v) is 4.35. The molecule has 0 saturated heterocycles. The monoisotopic (exact) mass is 410 g/mol. The van der Waals surface area contributed by atoms with Gasteiger partial charge >= 0.3 is 5.97 Å². The first-order valence-corrected chi connectivity index (χ1v) is 8.67. The van der Waals surface area contributed by atoms with Gasteiger partial charge in [-0.25, -0.2) is 4.79 Å². The minimum Gasteiger partial charge on any atom is -0.508 e. The quantitative estimate of drug-likeness (QED) is 0.481. The van der Waals surface area contributed by atoms with Gasteiger partial charge in [0.1, 0.15) is 5.75 Å². The number of ketones is 1. The summed E-state index contributed by atoms with van der Waals surface area (Å²) < 4.78 is 5.98. The first kappa shape index (κ1) is 17.9. The largest absolute Gasteiger partial charge is 0.508 e. The summed E-state index contributed by atoms with van der Waals surface area (Å²) in [5, 5.41) is 9.33. The van der Waals surface area contributed by atoms with Crippen LogP contribution in [0.15, 0.2) is 77.3 Å². The number of ether oxygens (including phenoxy) is 1. The standard InChI is InChI=1S/C21H15BrO4/c22-18-9-5-16(6-10-18)20(24)13-26-21(25)17-3-1-14(2-4-17)15-7-11-19(23)12-8-15/h1-12,23H,13H2. The molecule has 1 N–H and O–H groups in total. The molecule has 3 rings (SSSR count). The van der Waals surface area contributed by atoms with Crippen molar-refractivity contribution in [3.05, 3.63) is 88.4 Å². The van der Waals surface area contributed by atoms with E-state index in [9.17, 15) is 14.7 Å². The lowest BCUT2D eigenvalue weighted by Gasteiger charge is -2.06. The molecule has 0 aromatic heterocycles. The zero-order valence-corrected chi connectivity index (χ0v) is 15.3. The van der Waals surface area contributed by atoms with E-state index in [0.29, 0.717) is 11.1 Å². The molecule has 0 fully saturated rings. The van der Waals surface area contributed by atoms with E-state index in [0.717, 1.165) is 15.6 Å². The summed E-state index contributed by atoms with van der Waals surface area (Å²) in [4.78, 5) is 24.2. The number of aromatic hydroxyl groups is 1. The predicted octanol–water partition coefficient (Wildman–Crippen LogP) is 4.86. The molecule has 26 heavy (non-hydrogen) atoms. The van der Waals surface area contributed by atoms with Gasteiger partial charge in [-0.1, -0.05) is 52.3 Å². The summed E-state index contributed by atoms with van der Waals surface area (Å²) in [7, 11) is 0. The number of phenols is 1. The van der Waals surface area contributed by atoms with Crippen LogP contribution in [0.5, 0.6) is 5.75 Å². The van der Waals surface area contributed by atoms with Gasteiger partial charge in [0.2, 0.25) is 0 Å². The van der Waals surface area contributed by atoms with Gasteiger partial charge in [0.15, 0.2) is 12.4 Å². The summed E-state index contributed by atoms with van der Waals surface area (Å²) in [5.41, 5.74) is 2.69. The lowest BCUT2D eigenvalue weighted by molar-refractivity contribution is 0.0475. The van der Waals surface area contributed by atoms with E-state index in [1.807, 2.05) is 0 Å². The van der Waals surface area contributed by atoms with Crippen LogP contribution in [0.3, 0.4) is 0 Å². The molecule has 0 bridgehead atoms. The number of carbonyl (C=O) groups is 2. The lowest BCUT2D eigenvalue weighted by atomic mass is 10.0. The number of halogens is 1. The molecule has 0 spiro atoms.